The first-order valence-corrected chi connectivity index (χ1v) is 3.98. The molecule has 0 aliphatic carbocycles. The molecule has 1 unspecified atom stereocenters. The molecule has 0 saturated heterocycles. The third-order valence-electron chi connectivity index (χ3n) is 1.61. The molecule has 2 nitrogen and oxygen atoms in total. The summed E-state index contributed by atoms with van der Waals surface area (Å²) in [6.07, 6.45) is -7.22. The average Bonchev–Trinajstić information content (AvgIpc) is 2.17. The van der Waals surface area contributed by atoms with Crippen LogP contribution in [0.2, 0.25) is 0 Å². The summed E-state index contributed by atoms with van der Waals surface area (Å²) in [6.45, 7) is 0. The molecule has 0 radical (unpaired) electrons. The van der Waals surface area contributed by atoms with Crippen LogP contribution < -0.4 is 5.32 Å². The minimum Gasteiger partial charge on any atom is -0.315 e. The van der Waals surface area contributed by atoms with E-state index >= 15 is 0 Å². The maximum atomic E-state index is 13.1. The molecule has 0 aliphatic rings. The molecule has 0 aromatic heterocycles. The number of rotatable bonds is 2. The summed E-state index contributed by atoms with van der Waals surface area (Å²) < 4.78 is 48.3. The number of carbonyl (C=O) groups is 1. The molecule has 0 saturated carbocycles. The number of amides is 1. The predicted molar refractivity (Wildman–Crippen MR) is 44.5 cm³/mol. The molecule has 82 valence electrons. The smallest absolute Gasteiger partial charge is 0.315 e. The Hall–Kier alpha value is -1.59. The van der Waals surface area contributed by atoms with Crippen molar-refractivity contribution < 1.29 is 22.4 Å². The molecule has 15 heavy (non-hydrogen) atoms. The molecule has 1 atom stereocenters. The Bertz CT molecular complexity index is 336. The zero-order valence-corrected chi connectivity index (χ0v) is 7.38. The highest BCUT2D eigenvalue weighted by molar-refractivity contribution is 5.81. The van der Waals surface area contributed by atoms with E-state index in [9.17, 15) is 22.4 Å². The number of halogens is 4. The molecule has 1 N–H and O–H groups in total. The minimum atomic E-state index is -5.07. The van der Waals surface area contributed by atoms with Gasteiger partial charge in [-0.15, -0.1) is 0 Å². The summed E-state index contributed by atoms with van der Waals surface area (Å²) in [4.78, 5) is 10.4. The third-order valence-corrected chi connectivity index (χ3v) is 1.61. The van der Waals surface area contributed by atoms with E-state index in [0.29, 0.717) is 0 Å². The van der Waals surface area contributed by atoms with Crippen molar-refractivity contribution in [2.45, 2.75) is 12.5 Å². The third kappa shape index (κ3) is 3.23. The highest BCUT2D eigenvalue weighted by Crippen LogP contribution is 2.19. The number of hydrogen-bond donors (Lipinski definition) is 1. The van der Waals surface area contributed by atoms with Gasteiger partial charge in [0.15, 0.2) is 6.30 Å². The van der Waals surface area contributed by atoms with E-state index < -0.39 is 18.4 Å². The Morgan fingerprint density at radius 1 is 1.20 bits per heavy atom. The van der Waals surface area contributed by atoms with E-state index in [4.69, 9.17) is 0 Å². The molecule has 0 spiro atoms. The summed E-state index contributed by atoms with van der Waals surface area (Å²) in [6, 6.07) is 7.06. The Labute approximate surface area is 82.9 Å². The number of carbonyl (C=O) groups excluding carboxylic acids is 1. The first-order valence-electron chi connectivity index (χ1n) is 3.98. The van der Waals surface area contributed by atoms with Gasteiger partial charge in [-0.25, -0.2) is 4.39 Å². The van der Waals surface area contributed by atoms with E-state index in [1.165, 1.54) is 29.6 Å². The van der Waals surface area contributed by atoms with Crippen LogP contribution in [0.4, 0.5) is 17.6 Å². The van der Waals surface area contributed by atoms with Crippen LogP contribution in [0.3, 0.4) is 0 Å². The SMILES string of the molecule is O=C(NC(F)c1ccccc1)C(F)(F)F. The van der Waals surface area contributed by atoms with Gasteiger partial charge in [-0.2, -0.15) is 13.2 Å². The predicted octanol–water partition coefficient (Wildman–Crippen LogP) is 2.33. The van der Waals surface area contributed by atoms with Gasteiger partial charge in [0.25, 0.3) is 0 Å². The number of alkyl halides is 4. The van der Waals surface area contributed by atoms with E-state index in [-0.39, 0.29) is 5.56 Å². The van der Waals surface area contributed by atoms with Crippen LogP contribution in [0.25, 0.3) is 0 Å². The fourth-order valence-corrected chi connectivity index (χ4v) is 0.902. The molecule has 6 heteroatoms. The highest BCUT2D eigenvalue weighted by Gasteiger charge is 2.39. The lowest BCUT2D eigenvalue weighted by Crippen LogP contribution is -2.37. The van der Waals surface area contributed by atoms with Crippen molar-refractivity contribution >= 4 is 5.91 Å². The largest absolute Gasteiger partial charge is 0.471 e. The van der Waals surface area contributed by atoms with Gasteiger partial charge in [-0.3, -0.25) is 4.79 Å². The molecular formula is C9H7F4NO. The Morgan fingerprint density at radius 3 is 2.20 bits per heavy atom. The molecule has 0 aliphatic heterocycles. The van der Waals surface area contributed by atoms with Gasteiger partial charge < -0.3 is 5.32 Å². The molecule has 0 heterocycles. The van der Waals surface area contributed by atoms with Crippen molar-refractivity contribution in [1.29, 1.82) is 0 Å². The second-order valence-electron chi connectivity index (χ2n) is 2.74. The highest BCUT2D eigenvalue weighted by atomic mass is 19.4. The van der Waals surface area contributed by atoms with Crippen LogP contribution in [0.15, 0.2) is 30.3 Å². The summed E-state index contributed by atoms with van der Waals surface area (Å²) >= 11 is 0. The second-order valence-corrected chi connectivity index (χ2v) is 2.74. The normalized spacial score (nSPS) is 13.3. The minimum absolute atomic E-state index is 0.0323. The van der Waals surface area contributed by atoms with Crippen LogP contribution in [0.5, 0.6) is 0 Å². The summed E-state index contributed by atoms with van der Waals surface area (Å²) in [5.41, 5.74) is -0.0323. The molecule has 1 amide bonds. The first-order chi connectivity index (χ1) is 6.91. The van der Waals surface area contributed by atoms with Gasteiger partial charge in [0.2, 0.25) is 0 Å². The van der Waals surface area contributed by atoms with Crippen molar-refractivity contribution in [2.24, 2.45) is 0 Å². The van der Waals surface area contributed by atoms with Crippen molar-refractivity contribution in [3.05, 3.63) is 35.9 Å². The van der Waals surface area contributed by atoms with Gasteiger partial charge in [-0.1, -0.05) is 30.3 Å². The average molecular weight is 221 g/mol. The monoisotopic (exact) mass is 221 g/mol. The van der Waals surface area contributed by atoms with Crippen molar-refractivity contribution in [2.75, 3.05) is 0 Å². The van der Waals surface area contributed by atoms with Gasteiger partial charge >= 0.3 is 12.1 Å². The fourth-order valence-electron chi connectivity index (χ4n) is 0.902. The van der Waals surface area contributed by atoms with Crippen LogP contribution >= 0.6 is 0 Å². The van der Waals surface area contributed by atoms with Crippen LogP contribution in [0.1, 0.15) is 11.9 Å². The quantitative estimate of drug-likeness (QED) is 0.602. The zero-order valence-electron chi connectivity index (χ0n) is 7.38. The standard InChI is InChI=1S/C9H7F4NO/c10-7(6-4-2-1-3-5-6)14-8(15)9(11,12)13/h1-5,7H,(H,14,15). The van der Waals surface area contributed by atoms with Gasteiger partial charge in [-0.05, 0) is 0 Å². The molecule has 1 aromatic rings. The second kappa shape index (κ2) is 4.29. The summed E-state index contributed by atoms with van der Waals surface area (Å²) in [5.74, 6) is -2.29. The molecule has 0 bridgehead atoms. The van der Waals surface area contributed by atoms with Crippen molar-refractivity contribution in [3.63, 3.8) is 0 Å². The molecule has 1 aromatic carbocycles. The van der Waals surface area contributed by atoms with Crippen LogP contribution in [-0.2, 0) is 4.79 Å². The lowest BCUT2D eigenvalue weighted by Gasteiger charge is -2.12. The van der Waals surface area contributed by atoms with Gasteiger partial charge in [0, 0.05) is 5.56 Å². The topological polar surface area (TPSA) is 29.1 Å². The fraction of sp³-hybridized carbons (Fsp3) is 0.222. The number of hydrogen-bond acceptors (Lipinski definition) is 1. The summed E-state index contributed by atoms with van der Waals surface area (Å²) in [5, 5.41) is 1.21. The van der Waals surface area contributed by atoms with E-state index in [1.54, 1.807) is 6.07 Å². The Balaban J connectivity index is 2.65. The lowest BCUT2D eigenvalue weighted by molar-refractivity contribution is -0.175. The molecule has 0 fully saturated rings. The van der Waals surface area contributed by atoms with Crippen LogP contribution in [0, 0.1) is 0 Å². The Kier molecular flexibility index (Phi) is 3.28. The van der Waals surface area contributed by atoms with E-state index in [0.717, 1.165) is 0 Å². The zero-order chi connectivity index (χ0) is 11.5. The van der Waals surface area contributed by atoms with Gasteiger partial charge in [0.1, 0.15) is 0 Å². The van der Waals surface area contributed by atoms with E-state index in [1.807, 2.05) is 0 Å². The Morgan fingerprint density at radius 2 is 1.73 bits per heavy atom. The van der Waals surface area contributed by atoms with Crippen LogP contribution in [-0.4, -0.2) is 12.1 Å². The number of benzene rings is 1. The van der Waals surface area contributed by atoms with Crippen molar-refractivity contribution in [3.8, 4) is 0 Å². The number of nitrogens with one attached hydrogen (secondary N) is 1. The first kappa shape index (κ1) is 11.5. The molecular weight excluding hydrogens is 214 g/mol. The van der Waals surface area contributed by atoms with Gasteiger partial charge in [0.05, 0.1) is 0 Å². The molecule has 1 rings (SSSR count). The maximum absolute atomic E-state index is 13.1. The van der Waals surface area contributed by atoms with Crippen molar-refractivity contribution in [1.82, 2.24) is 5.32 Å². The van der Waals surface area contributed by atoms with E-state index in [2.05, 4.69) is 0 Å². The maximum Gasteiger partial charge on any atom is 0.471 e. The lowest BCUT2D eigenvalue weighted by atomic mass is 10.2. The summed E-state index contributed by atoms with van der Waals surface area (Å²) in [7, 11) is 0.